The molecule has 2 aliphatic rings. The Morgan fingerprint density at radius 2 is 0.899 bits per heavy atom. The summed E-state index contributed by atoms with van der Waals surface area (Å²) in [6.45, 7) is 4.95. The van der Waals surface area contributed by atoms with Crippen LogP contribution in [0.3, 0.4) is 0 Å². The van der Waals surface area contributed by atoms with Crippen molar-refractivity contribution < 1.29 is 93.7 Å². The molecule has 0 aliphatic carbocycles. The number of carbonyl (C=O) groups excluding carboxylic acids is 1. The smallest absolute Gasteiger partial charge is 0.481 e. The predicted octanol–water partition coefficient (Wildman–Crippen LogP) is 11.3. The second kappa shape index (κ2) is 20.7. The summed E-state index contributed by atoms with van der Waals surface area (Å²) in [4.78, 5) is 30.8. The molecule has 30 heteroatoms. The molecule has 1 amide bonds. The van der Waals surface area contributed by atoms with Gasteiger partial charge in [-0.15, -0.1) is 26.3 Å². The Labute approximate surface area is 441 Å². The molecular formula is C49H41F12N7O9S2. The van der Waals surface area contributed by atoms with E-state index in [2.05, 4.69) is 35.4 Å². The number of nitrogens with zero attached hydrogens (tertiary/aromatic N) is 4. The third-order valence-electron chi connectivity index (χ3n) is 12.3. The highest BCUT2D eigenvalue weighted by Crippen LogP contribution is 2.45. The molecular weight excluding hydrogens is 1120 g/mol. The lowest BCUT2D eigenvalue weighted by Gasteiger charge is -2.28. The van der Waals surface area contributed by atoms with Crippen LogP contribution in [0, 0.1) is 0 Å². The number of alkyl halides is 12. The number of fused-ring (bicyclic) bond motifs is 4. The largest absolute Gasteiger partial charge is 0.573 e. The fourth-order valence-corrected chi connectivity index (χ4v) is 10.7. The average molecular weight is 1160 g/mol. The zero-order valence-electron chi connectivity index (χ0n) is 41.2. The lowest BCUT2D eigenvalue weighted by atomic mass is 9.83. The Balaban J connectivity index is 0.000000229. The van der Waals surface area contributed by atoms with Crippen LogP contribution < -0.4 is 34.0 Å². The van der Waals surface area contributed by atoms with E-state index in [1.165, 1.54) is 57.3 Å². The maximum atomic E-state index is 13.8. The SMILES string of the molecule is CC(C)(C(=O)O)c1ccc2c(c1)N(S(=O)(=O)c1ccc(OC(F)(F)F)cc1)Cc1ccc(C(F)(F)F)nc1N2.CNC(=O)C(C)(C)c1ccc2c(c1)N(S(=O)(=O)c1ccc(OC(F)(F)F)cc1)Cc1ccc(C(F)(F)F)nc1N2. The number of carboxylic acid groups (broad SMARTS) is 1. The second-order valence-corrected chi connectivity index (χ2v) is 22.0. The molecule has 2 aromatic heterocycles. The van der Waals surface area contributed by atoms with E-state index in [1.807, 2.05) is 0 Å². The van der Waals surface area contributed by atoms with Crippen LogP contribution >= 0.6 is 0 Å². The number of benzene rings is 4. The minimum atomic E-state index is -5.00. The van der Waals surface area contributed by atoms with Gasteiger partial charge in [0.2, 0.25) is 5.91 Å². The number of carbonyl (C=O) groups is 2. The molecule has 4 aromatic carbocycles. The van der Waals surface area contributed by atoms with Gasteiger partial charge in [-0.25, -0.2) is 26.8 Å². The highest BCUT2D eigenvalue weighted by Gasteiger charge is 2.40. The lowest BCUT2D eigenvalue weighted by molar-refractivity contribution is -0.275. The van der Waals surface area contributed by atoms with Crippen LogP contribution in [0.1, 0.15) is 61.3 Å². The van der Waals surface area contributed by atoms with Gasteiger partial charge in [-0.1, -0.05) is 24.3 Å². The molecule has 79 heavy (non-hydrogen) atoms. The quantitative estimate of drug-likeness (QED) is 0.0942. The number of ether oxygens (including phenoxy) is 2. The summed E-state index contributed by atoms with van der Waals surface area (Å²) in [5.74, 6) is -3.43. The van der Waals surface area contributed by atoms with Crippen LogP contribution in [0.5, 0.6) is 11.5 Å². The van der Waals surface area contributed by atoms with Crippen molar-refractivity contribution in [2.24, 2.45) is 0 Å². The van der Waals surface area contributed by atoms with Gasteiger partial charge in [-0.05, 0) is 124 Å². The van der Waals surface area contributed by atoms with Gasteiger partial charge in [-0.2, -0.15) is 26.3 Å². The standard InChI is InChI=1S/C25H22F6N4O4S.C24H19F6N3O5S/c1-23(2,22(36)32-3)15-5-10-18-19(12-15)35(13-14-4-11-20(24(26,27)28)34-21(14)33-18)40(37,38)17-8-6-16(7-9-17)39-25(29,30)31;1-22(2,21(34)35)14-4-9-17-18(11-14)33(12-13-3-10-19(23(25,26)27)32-20(13)31-17)39(36,37)16-7-5-15(6-8-16)38-24(28,29)30/h4-12H,13H2,1-3H3,(H,32,36)(H,33,34);3-11H,12H2,1-2H3,(H,31,32)(H,34,35). The van der Waals surface area contributed by atoms with Gasteiger partial charge in [0.1, 0.15) is 34.5 Å². The molecule has 0 saturated carbocycles. The van der Waals surface area contributed by atoms with Crippen molar-refractivity contribution in [3.63, 3.8) is 0 Å². The van der Waals surface area contributed by atoms with E-state index in [9.17, 15) is 84.2 Å². The number of nitrogens with one attached hydrogen (secondary N) is 3. The molecule has 0 saturated heterocycles. The highest BCUT2D eigenvalue weighted by atomic mass is 32.2. The molecule has 0 unspecified atom stereocenters. The number of hydrogen-bond donors (Lipinski definition) is 4. The number of hydrogen-bond acceptors (Lipinski definition) is 12. The first-order valence-electron chi connectivity index (χ1n) is 22.5. The van der Waals surface area contributed by atoms with Crippen molar-refractivity contribution in [1.82, 2.24) is 15.3 Å². The van der Waals surface area contributed by atoms with Crippen LogP contribution in [-0.2, 0) is 65.9 Å². The van der Waals surface area contributed by atoms with Gasteiger partial charge in [0, 0.05) is 18.2 Å². The second-order valence-electron chi connectivity index (χ2n) is 18.3. The van der Waals surface area contributed by atoms with E-state index in [1.54, 1.807) is 13.8 Å². The molecule has 4 heterocycles. The minimum absolute atomic E-state index is 0.00566. The third kappa shape index (κ3) is 12.6. The number of likely N-dealkylation sites (N-methyl/N-ethyl adjacent to an activating group) is 1. The van der Waals surface area contributed by atoms with Crippen molar-refractivity contribution in [3.05, 3.63) is 143 Å². The summed E-state index contributed by atoms with van der Waals surface area (Å²) in [5, 5.41) is 17.6. The molecule has 0 atom stereocenters. The lowest BCUT2D eigenvalue weighted by Crippen LogP contribution is -2.38. The van der Waals surface area contributed by atoms with Gasteiger partial charge in [-0.3, -0.25) is 18.2 Å². The molecule has 0 fully saturated rings. The number of aromatic nitrogens is 2. The van der Waals surface area contributed by atoms with Crippen molar-refractivity contribution in [2.75, 3.05) is 26.3 Å². The van der Waals surface area contributed by atoms with E-state index in [0.717, 1.165) is 69.3 Å². The molecule has 422 valence electrons. The number of anilines is 6. The molecule has 16 nitrogen and oxygen atoms in total. The number of amides is 1. The first kappa shape index (κ1) is 58.7. The van der Waals surface area contributed by atoms with Crippen molar-refractivity contribution >= 4 is 66.3 Å². The molecule has 0 bridgehead atoms. The zero-order chi connectivity index (χ0) is 58.6. The first-order chi connectivity index (χ1) is 36.3. The Kier molecular flexibility index (Phi) is 15.3. The summed E-state index contributed by atoms with van der Waals surface area (Å²) in [6, 6.07) is 18.7. The van der Waals surface area contributed by atoms with Crippen LogP contribution in [0.15, 0.2) is 119 Å². The monoisotopic (exact) mass is 1160 g/mol. The van der Waals surface area contributed by atoms with E-state index >= 15 is 0 Å². The van der Waals surface area contributed by atoms with Gasteiger partial charge >= 0.3 is 31.0 Å². The van der Waals surface area contributed by atoms with Gasteiger partial charge in [0.05, 0.1) is 56.5 Å². The number of pyridine rings is 2. The van der Waals surface area contributed by atoms with Crippen LogP contribution in [0.2, 0.25) is 0 Å². The minimum Gasteiger partial charge on any atom is -0.481 e. The third-order valence-corrected chi connectivity index (χ3v) is 15.8. The van der Waals surface area contributed by atoms with Crippen molar-refractivity contribution in [3.8, 4) is 11.5 Å². The molecule has 0 radical (unpaired) electrons. The summed E-state index contributed by atoms with van der Waals surface area (Å²) < 4.78 is 220. The first-order valence-corrected chi connectivity index (χ1v) is 25.4. The van der Waals surface area contributed by atoms with E-state index in [0.29, 0.717) is 17.7 Å². The number of rotatable bonds is 10. The van der Waals surface area contributed by atoms with Crippen molar-refractivity contribution in [1.29, 1.82) is 0 Å². The van der Waals surface area contributed by atoms with E-state index < -0.39 is 108 Å². The number of aliphatic carboxylic acids is 1. The Bertz CT molecular complexity index is 3560. The fraction of sp³-hybridized carbons (Fsp3) is 0.265. The summed E-state index contributed by atoms with van der Waals surface area (Å²) >= 11 is 0. The van der Waals surface area contributed by atoms with Crippen LogP contribution in [-0.4, -0.2) is 63.6 Å². The average Bonchev–Trinajstić information content (AvgIpc) is 3.69. The Hall–Kier alpha value is -8.02. The zero-order valence-corrected chi connectivity index (χ0v) is 42.8. The molecule has 8 rings (SSSR count). The molecule has 0 spiro atoms. The normalized spacial score (nSPS) is 14.0. The van der Waals surface area contributed by atoms with Gasteiger partial charge in [0.15, 0.2) is 0 Å². The van der Waals surface area contributed by atoms with Gasteiger partial charge in [0.25, 0.3) is 20.0 Å². The summed E-state index contributed by atoms with van der Waals surface area (Å²) in [6.07, 6.45) is -19.5. The Morgan fingerprint density at radius 3 is 1.22 bits per heavy atom. The summed E-state index contributed by atoms with van der Waals surface area (Å²) in [5.41, 5.74) is -4.38. The fourth-order valence-electron chi connectivity index (χ4n) is 7.84. The van der Waals surface area contributed by atoms with E-state index in [-0.39, 0.29) is 57.0 Å². The highest BCUT2D eigenvalue weighted by molar-refractivity contribution is 7.93. The number of sulfonamides is 2. The van der Waals surface area contributed by atoms with Crippen LogP contribution in [0.25, 0.3) is 0 Å². The Morgan fingerprint density at radius 1 is 0.544 bits per heavy atom. The van der Waals surface area contributed by atoms with Crippen LogP contribution in [0.4, 0.5) is 87.1 Å². The molecule has 6 aromatic rings. The van der Waals surface area contributed by atoms with Crippen molar-refractivity contribution in [2.45, 2.75) is 86.5 Å². The predicted molar refractivity (Wildman–Crippen MR) is 259 cm³/mol. The number of halogens is 12. The number of carboxylic acids is 1. The topological polar surface area (TPSA) is 209 Å². The molecule has 4 N–H and O–H groups in total. The maximum absolute atomic E-state index is 13.8. The van der Waals surface area contributed by atoms with E-state index in [4.69, 9.17) is 0 Å². The molecule has 2 aliphatic heterocycles. The van der Waals surface area contributed by atoms with Gasteiger partial charge < -0.3 is 30.5 Å². The maximum Gasteiger partial charge on any atom is 0.573 e. The summed E-state index contributed by atoms with van der Waals surface area (Å²) in [7, 11) is -7.66.